The molecule has 0 aromatic carbocycles. The number of rotatable bonds is 5. The molecule has 1 amide bonds. The van der Waals surface area contributed by atoms with Crippen molar-refractivity contribution < 1.29 is 14.6 Å². The van der Waals surface area contributed by atoms with Crippen molar-refractivity contribution in [1.29, 1.82) is 0 Å². The summed E-state index contributed by atoms with van der Waals surface area (Å²) in [5, 5.41) is 15.8. The second-order valence-corrected chi connectivity index (χ2v) is 3.19. The lowest BCUT2D eigenvalue weighted by atomic mass is 10.3. The Hall–Kier alpha value is -1.40. The minimum absolute atomic E-state index is 0.156. The monoisotopic (exact) mass is 213 g/mol. The van der Waals surface area contributed by atoms with Crippen LogP contribution in [-0.4, -0.2) is 47.2 Å². The number of carbonyl (C=O) groups excluding carboxylic acids is 1. The predicted octanol–water partition coefficient (Wildman–Crippen LogP) is -0.843. The first kappa shape index (κ1) is 11.7. The molecule has 0 saturated carbocycles. The van der Waals surface area contributed by atoms with Gasteiger partial charge in [0, 0.05) is 26.9 Å². The van der Waals surface area contributed by atoms with E-state index >= 15 is 0 Å². The summed E-state index contributed by atoms with van der Waals surface area (Å²) < 4.78 is 6.27. The molecule has 0 radical (unpaired) electrons. The molecule has 0 fully saturated rings. The van der Waals surface area contributed by atoms with Crippen molar-refractivity contribution in [2.45, 2.75) is 6.10 Å². The summed E-state index contributed by atoms with van der Waals surface area (Å²) in [5.74, 6) is -0.300. The van der Waals surface area contributed by atoms with E-state index < -0.39 is 6.10 Å². The van der Waals surface area contributed by atoms with Gasteiger partial charge in [0.2, 0.25) is 0 Å². The van der Waals surface area contributed by atoms with E-state index in [1.807, 2.05) is 0 Å². The topological polar surface area (TPSA) is 76.4 Å². The lowest BCUT2D eigenvalue weighted by Crippen LogP contribution is -2.34. The van der Waals surface area contributed by atoms with Crippen molar-refractivity contribution in [3.63, 3.8) is 0 Å². The van der Waals surface area contributed by atoms with Gasteiger partial charge in [-0.05, 0) is 6.07 Å². The third kappa shape index (κ3) is 3.69. The molecule has 6 heteroatoms. The largest absolute Gasteiger partial charge is 0.389 e. The molecule has 1 aromatic rings. The number of carbonyl (C=O) groups is 1. The summed E-state index contributed by atoms with van der Waals surface area (Å²) in [6.07, 6.45) is 0.989. The molecule has 1 heterocycles. The second-order valence-electron chi connectivity index (χ2n) is 3.19. The summed E-state index contributed by atoms with van der Waals surface area (Å²) in [6, 6.07) is 1.61. The number of methoxy groups -OCH3 is 1. The smallest absolute Gasteiger partial charge is 0.271 e. The van der Waals surface area contributed by atoms with E-state index in [4.69, 9.17) is 4.74 Å². The molecule has 0 aliphatic carbocycles. The fraction of sp³-hybridized carbons (Fsp3) is 0.556. The summed E-state index contributed by atoms with van der Waals surface area (Å²) in [5.41, 5.74) is 0.335. The van der Waals surface area contributed by atoms with Gasteiger partial charge in [-0.2, -0.15) is 5.10 Å². The minimum Gasteiger partial charge on any atom is -0.389 e. The maximum absolute atomic E-state index is 11.4. The van der Waals surface area contributed by atoms with Gasteiger partial charge in [0.05, 0.1) is 12.7 Å². The van der Waals surface area contributed by atoms with Crippen LogP contribution in [0.25, 0.3) is 0 Å². The fourth-order valence-corrected chi connectivity index (χ4v) is 1.09. The number of aryl methyl sites for hydroxylation is 1. The van der Waals surface area contributed by atoms with E-state index in [9.17, 15) is 9.90 Å². The van der Waals surface area contributed by atoms with Gasteiger partial charge in [0.15, 0.2) is 0 Å². The van der Waals surface area contributed by atoms with Crippen LogP contribution in [0.4, 0.5) is 0 Å². The number of nitrogens with zero attached hydrogens (tertiary/aromatic N) is 2. The number of hydrogen-bond acceptors (Lipinski definition) is 4. The maximum Gasteiger partial charge on any atom is 0.271 e. The van der Waals surface area contributed by atoms with Gasteiger partial charge in [-0.15, -0.1) is 0 Å². The highest BCUT2D eigenvalue weighted by atomic mass is 16.5. The highest BCUT2D eigenvalue weighted by Crippen LogP contribution is 1.93. The van der Waals surface area contributed by atoms with Gasteiger partial charge in [-0.25, -0.2) is 0 Å². The lowest BCUT2D eigenvalue weighted by molar-refractivity contribution is 0.0608. The van der Waals surface area contributed by atoms with Crippen molar-refractivity contribution in [1.82, 2.24) is 15.1 Å². The molecule has 0 aliphatic rings. The van der Waals surface area contributed by atoms with E-state index in [1.54, 1.807) is 24.0 Å². The van der Waals surface area contributed by atoms with Gasteiger partial charge in [-0.1, -0.05) is 0 Å². The number of hydrogen-bond donors (Lipinski definition) is 2. The molecule has 0 bridgehead atoms. The third-order valence-corrected chi connectivity index (χ3v) is 1.80. The number of aliphatic hydroxyl groups excluding tert-OH is 1. The Morgan fingerprint density at radius 2 is 2.53 bits per heavy atom. The Balaban J connectivity index is 2.36. The van der Waals surface area contributed by atoms with Crippen LogP contribution in [0, 0.1) is 0 Å². The van der Waals surface area contributed by atoms with E-state index in [1.165, 1.54) is 7.11 Å². The van der Waals surface area contributed by atoms with Gasteiger partial charge < -0.3 is 15.2 Å². The van der Waals surface area contributed by atoms with Gasteiger partial charge >= 0.3 is 0 Å². The van der Waals surface area contributed by atoms with Crippen LogP contribution >= 0.6 is 0 Å². The van der Waals surface area contributed by atoms with Crippen molar-refractivity contribution >= 4 is 5.91 Å². The molecule has 0 aliphatic heterocycles. The Labute approximate surface area is 87.8 Å². The summed E-state index contributed by atoms with van der Waals surface area (Å²) in [4.78, 5) is 11.4. The minimum atomic E-state index is -0.692. The van der Waals surface area contributed by atoms with E-state index in [-0.39, 0.29) is 19.1 Å². The summed E-state index contributed by atoms with van der Waals surface area (Å²) >= 11 is 0. The van der Waals surface area contributed by atoms with Gasteiger partial charge in [-0.3, -0.25) is 9.48 Å². The fourth-order valence-electron chi connectivity index (χ4n) is 1.09. The van der Waals surface area contributed by atoms with E-state index in [2.05, 4.69) is 10.4 Å². The third-order valence-electron chi connectivity index (χ3n) is 1.80. The normalized spacial score (nSPS) is 12.5. The van der Waals surface area contributed by atoms with Crippen molar-refractivity contribution in [3.05, 3.63) is 18.0 Å². The number of aliphatic hydroxyl groups is 1. The molecule has 0 saturated heterocycles. The van der Waals surface area contributed by atoms with Crippen LogP contribution in [0.5, 0.6) is 0 Å². The SMILES string of the molecule is COCC(O)CNC(=O)c1ccn(C)n1. The van der Waals surface area contributed by atoms with Gasteiger partial charge in [0.1, 0.15) is 5.69 Å². The predicted molar refractivity (Wildman–Crippen MR) is 53.4 cm³/mol. The number of amides is 1. The van der Waals surface area contributed by atoms with Crippen LogP contribution in [0.3, 0.4) is 0 Å². The zero-order valence-corrected chi connectivity index (χ0v) is 8.80. The van der Waals surface area contributed by atoms with Crippen LogP contribution < -0.4 is 5.32 Å². The molecular formula is C9H15N3O3. The van der Waals surface area contributed by atoms with Crippen molar-refractivity contribution in [2.24, 2.45) is 7.05 Å². The molecule has 1 aromatic heterocycles. The van der Waals surface area contributed by atoms with Crippen LogP contribution in [0.2, 0.25) is 0 Å². The van der Waals surface area contributed by atoms with Crippen molar-refractivity contribution in [3.8, 4) is 0 Å². The number of ether oxygens (including phenoxy) is 1. The summed E-state index contributed by atoms with van der Waals surface area (Å²) in [6.45, 7) is 0.353. The molecule has 15 heavy (non-hydrogen) atoms. The number of aromatic nitrogens is 2. The molecular weight excluding hydrogens is 198 g/mol. The average Bonchev–Trinajstić information content (AvgIpc) is 2.62. The quantitative estimate of drug-likeness (QED) is 0.668. The van der Waals surface area contributed by atoms with E-state index in [0.717, 1.165) is 0 Å². The Morgan fingerprint density at radius 1 is 1.80 bits per heavy atom. The maximum atomic E-state index is 11.4. The zero-order chi connectivity index (χ0) is 11.3. The standard InChI is InChI=1S/C9H15N3O3/c1-12-4-3-8(11-12)9(14)10-5-7(13)6-15-2/h3-4,7,13H,5-6H2,1-2H3,(H,10,14). The Morgan fingerprint density at radius 3 is 3.07 bits per heavy atom. The first-order chi connectivity index (χ1) is 7.13. The second kappa shape index (κ2) is 5.47. The van der Waals surface area contributed by atoms with Crippen LogP contribution in [0.1, 0.15) is 10.5 Å². The highest BCUT2D eigenvalue weighted by molar-refractivity contribution is 5.92. The first-order valence-corrected chi connectivity index (χ1v) is 4.58. The average molecular weight is 213 g/mol. The molecule has 1 atom stereocenters. The summed E-state index contributed by atoms with van der Waals surface area (Å²) in [7, 11) is 3.22. The molecule has 6 nitrogen and oxygen atoms in total. The lowest BCUT2D eigenvalue weighted by Gasteiger charge is -2.09. The zero-order valence-electron chi connectivity index (χ0n) is 8.80. The molecule has 84 valence electrons. The molecule has 2 N–H and O–H groups in total. The number of nitrogens with one attached hydrogen (secondary N) is 1. The van der Waals surface area contributed by atoms with Crippen molar-refractivity contribution in [2.75, 3.05) is 20.3 Å². The van der Waals surface area contributed by atoms with Crippen LogP contribution in [-0.2, 0) is 11.8 Å². The van der Waals surface area contributed by atoms with Crippen LogP contribution in [0.15, 0.2) is 12.3 Å². The van der Waals surface area contributed by atoms with Gasteiger partial charge in [0.25, 0.3) is 5.91 Å². The Bertz CT molecular complexity index is 324. The molecule has 0 spiro atoms. The van der Waals surface area contributed by atoms with E-state index in [0.29, 0.717) is 5.69 Å². The first-order valence-electron chi connectivity index (χ1n) is 4.58. The molecule has 1 unspecified atom stereocenters. The highest BCUT2D eigenvalue weighted by Gasteiger charge is 2.10. The molecule has 1 rings (SSSR count). The Kier molecular flexibility index (Phi) is 4.26.